The van der Waals surface area contributed by atoms with Gasteiger partial charge in [0.05, 0.1) is 4.90 Å². The predicted molar refractivity (Wildman–Crippen MR) is 103 cm³/mol. The molecule has 1 aromatic carbocycles. The van der Waals surface area contributed by atoms with Crippen molar-refractivity contribution in [2.75, 3.05) is 39.3 Å². The Morgan fingerprint density at radius 1 is 1.19 bits per heavy atom. The van der Waals surface area contributed by atoms with Crippen LogP contribution in [0, 0.1) is 0 Å². The first kappa shape index (κ1) is 21.6. The van der Waals surface area contributed by atoms with Crippen LogP contribution in [0.3, 0.4) is 0 Å². The van der Waals surface area contributed by atoms with E-state index < -0.39 is 10.0 Å². The molecule has 1 aromatic rings. The van der Waals surface area contributed by atoms with Gasteiger partial charge in [0.2, 0.25) is 15.9 Å². The van der Waals surface area contributed by atoms with Crippen LogP contribution in [0.4, 0.5) is 0 Å². The Morgan fingerprint density at radius 2 is 1.89 bits per heavy atom. The van der Waals surface area contributed by atoms with Crippen molar-refractivity contribution in [3.8, 4) is 0 Å². The Balaban J connectivity index is 0.00000261. The second-order valence-electron chi connectivity index (χ2n) is 6.60. The van der Waals surface area contributed by atoms with Crippen molar-refractivity contribution in [2.45, 2.75) is 24.3 Å². The van der Waals surface area contributed by atoms with Crippen LogP contribution in [0.25, 0.3) is 0 Å². The number of halogens is 1. The van der Waals surface area contributed by atoms with Crippen molar-refractivity contribution in [1.29, 1.82) is 0 Å². The first-order valence-electron chi connectivity index (χ1n) is 8.75. The Kier molecular flexibility index (Phi) is 7.21. The van der Waals surface area contributed by atoms with E-state index in [1.807, 2.05) is 0 Å². The Bertz CT molecular complexity index is 788. The van der Waals surface area contributed by atoms with Gasteiger partial charge in [0.15, 0.2) is 0 Å². The van der Waals surface area contributed by atoms with E-state index in [9.17, 15) is 18.0 Å². The Morgan fingerprint density at radius 3 is 2.48 bits per heavy atom. The molecule has 2 aliphatic heterocycles. The van der Waals surface area contributed by atoms with Gasteiger partial charge in [0, 0.05) is 51.3 Å². The minimum Gasteiger partial charge on any atom is -0.348 e. The summed E-state index contributed by atoms with van der Waals surface area (Å²) < 4.78 is 27.1. The quantitative estimate of drug-likeness (QED) is 0.722. The smallest absolute Gasteiger partial charge is 0.251 e. The molecule has 0 bridgehead atoms. The number of carbonyl (C=O) groups excluding carboxylic acids is 2. The van der Waals surface area contributed by atoms with Crippen LogP contribution in [0.2, 0.25) is 0 Å². The average Bonchev–Trinajstić information content (AvgIpc) is 3.15. The minimum atomic E-state index is -3.69. The van der Waals surface area contributed by atoms with Gasteiger partial charge in [-0.3, -0.25) is 9.59 Å². The van der Waals surface area contributed by atoms with Gasteiger partial charge >= 0.3 is 0 Å². The zero-order valence-electron chi connectivity index (χ0n) is 15.2. The maximum absolute atomic E-state index is 12.9. The van der Waals surface area contributed by atoms with Crippen molar-refractivity contribution < 1.29 is 18.0 Å². The van der Waals surface area contributed by atoms with Crippen LogP contribution in [0.15, 0.2) is 29.2 Å². The van der Waals surface area contributed by atoms with E-state index in [-0.39, 0.29) is 48.2 Å². The van der Waals surface area contributed by atoms with Gasteiger partial charge in [-0.15, -0.1) is 12.4 Å². The number of benzene rings is 1. The van der Waals surface area contributed by atoms with E-state index in [1.165, 1.54) is 23.4 Å². The molecule has 2 saturated heterocycles. The molecule has 2 N–H and O–H groups in total. The fraction of sp³-hybridized carbons (Fsp3) is 0.529. The predicted octanol–water partition coefficient (Wildman–Crippen LogP) is 0.0529. The SMILES string of the molecule is CC(=O)N1CCN(S(=O)(=O)c2cccc(C(=O)NC3CCNC3)c2)CC1.Cl. The minimum absolute atomic E-state index is 0. The third-order valence-corrected chi connectivity index (χ3v) is 6.71. The summed E-state index contributed by atoms with van der Waals surface area (Å²) in [5.74, 6) is -0.320. The molecule has 2 fully saturated rings. The molecule has 150 valence electrons. The molecule has 0 aromatic heterocycles. The second kappa shape index (κ2) is 9.01. The first-order valence-corrected chi connectivity index (χ1v) is 10.2. The summed E-state index contributed by atoms with van der Waals surface area (Å²) in [7, 11) is -3.69. The topological polar surface area (TPSA) is 98.8 Å². The van der Waals surface area contributed by atoms with Gasteiger partial charge in [-0.1, -0.05) is 6.07 Å². The monoisotopic (exact) mass is 416 g/mol. The summed E-state index contributed by atoms with van der Waals surface area (Å²) in [6.07, 6.45) is 0.865. The molecule has 10 heteroatoms. The highest BCUT2D eigenvalue weighted by molar-refractivity contribution is 7.89. The largest absolute Gasteiger partial charge is 0.348 e. The number of sulfonamides is 1. The fourth-order valence-electron chi connectivity index (χ4n) is 3.24. The first-order chi connectivity index (χ1) is 12.4. The Labute approximate surface area is 165 Å². The molecule has 0 spiro atoms. The van der Waals surface area contributed by atoms with E-state index in [2.05, 4.69) is 10.6 Å². The maximum atomic E-state index is 12.9. The van der Waals surface area contributed by atoms with E-state index in [4.69, 9.17) is 0 Å². The van der Waals surface area contributed by atoms with Crippen molar-refractivity contribution in [2.24, 2.45) is 0 Å². The fourth-order valence-corrected chi connectivity index (χ4v) is 4.71. The number of nitrogens with zero attached hydrogens (tertiary/aromatic N) is 2. The standard InChI is InChI=1S/C17H24N4O4S.ClH/c1-13(22)20-7-9-21(10-8-20)26(24,25)16-4-2-3-14(11-16)17(23)19-15-5-6-18-12-15;/h2-4,11,15,18H,5-10,12H2,1H3,(H,19,23);1H. The summed E-state index contributed by atoms with van der Waals surface area (Å²) in [4.78, 5) is 25.5. The molecule has 0 aliphatic carbocycles. The van der Waals surface area contributed by atoms with Gasteiger partial charge in [0.25, 0.3) is 5.91 Å². The number of hydrogen-bond donors (Lipinski definition) is 2. The van der Waals surface area contributed by atoms with Crippen molar-refractivity contribution in [3.05, 3.63) is 29.8 Å². The van der Waals surface area contributed by atoms with E-state index >= 15 is 0 Å². The average molecular weight is 417 g/mol. The van der Waals surface area contributed by atoms with Crippen LogP contribution in [0.1, 0.15) is 23.7 Å². The molecule has 2 aliphatic rings. The highest BCUT2D eigenvalue weighted by Crippen LogP contribution is 2.19. The van der Waals surface area contributed by atoms with Crippen LogP contribution >= 0.6 is 12.4 Å². The summed E-state index contributed by atoms with van der Waals surface area (Å²) >= 11 is 0. The van der Waals surface area contributed by atoms with Crippen molar-refractivity contribution in [3.63, 3.8) is 0 Å². The van der Waals surface area contributed by atoms with Crippen LogP contribution in [0.5, 0.6) is 0 Å². The normalized spacial score (nSPS) is 20.8. The van der Waals surface area contributed by atoms with Crippen molar-refractivity contribution in [1.82, 2.24) is 19.8 Å². The molecule has 8 nitrogen and oxygen atoms in total. The molecular formula is C17H25ClN4O4S. The van der Waals surface area contributed by atoms with Gasteiger partial charge in [-0.2, -0.15) is 4.31 Å². The number of hydrogen-bond acceptors (Lipinski definition) is 5. The molecule has 1 atom stereocenters. The molecule has 0 radical (unpaired) electrons. The molecule has 1 unspecified atom stereocenters. The zero-order chi connectivity index (χ0) is 18.7. The maximum Gasteiger partial charge on any atom is 0.251 e. The van der Waals surface area contributed by atoms with Crippen LogP contribution in [-0.4, -0.2) is 74.7 Å². The number of nitrogens with one attached hydrogen (secondary N) is 2. The van der Waals surface area contributed by atoms with E-state index in [0.717, 1.165) is 19.5 Å². The summed E-state index contributed by atoms with van der Waals surface area (Å²) in [5, 5.41) is 6.09. The van der Waals surface area contributed by atoms with Crippen LogP contribution in [-0.2, 0) is 14.8 Å². The third kappa shape index (κ3) is 4.98. The Hall–Kier alpha value is -1.68. The molecular weight excluding hydrogens is 392 g/mol. The van der Waals surface area contributed by atoms with Crippen molar-refractivity contribution >= 4 is 34.2 Å². The second-order valence-corrected chi connectivity index (χ2v) is 8.54. The van der Waals surface area contributed by atoms with Gasteiger partial charge in [-0.25, -0.2) is 8.42 Å². The molecule has 2 amide bonds. The molecule has 27 heavy (non-hydrogen) atoms. The highest BCUT2D eigenvalue weighted by atomic mass is 35.5. The zero-order valence-corrected chi connectivity index (χ0v) is 16.8. The summed E-state index contributed by atoms with van der Waals surface area (Å²) in [5.41, 5.74) is 0.334. The third-order valence-electron chi connectivity index (χ3n) is 4.81. The lowest BCUT2D eigenvalue weighted by Crippen LogP contribution is -2.49. The lowest BCUT2D eigenvalue weighted by molar-refractivity contribution is -0.129. The highest BCUT2D eigenvalue weighted by Gasteiger charge is 2.29. The molecule has 0 saturated carbocycles. The lowest BCUT2D eigenvalue weighted by Gasteiger charge is -2.33. The summed E-state index contributed by atoms with van der Waals surface area (Å²) in [6, 6.07) is 6.19. The number of carbonyl (C=O) groups is 2. The van der Waals surface area contributed by atoms with E-state index in [1.54, 1.807) is 17.0 Å². The van der Waals surface area contributed by atoms with Crippen LogP contribution < -0.4 is 10.6 Å². The number of rotatable bonds is 4. The summed E-state index contributed by atoms with van der Waals surface area (Å²) in [6.45, 7) is 4.34. The van der Waals surface area contributed by atoms with E-state index in [0.29, 0.717) is 18.7 Å². The van der Waals surface area contributed by atoms with Gasteiger partial charge in [-0.05, 0) is 31.2 Å². The number of piperazine rings is 1. The van der Waals surface area contributed by atoms with Gasteiger partial charge < -0.3 is 15.5 Å². The van der Waals surface area contributed by atoms with Gasteiger partial charge in [0.1, 0.15) is 0 Å². The lowest BCUT2D eigenvalue weighted by atomic mass is 10.2. The molecule has 2 heterocycles. The number of amides is 2. The molecule has 3 rings (SSSR count).